The van der Waals surface area contributed by atoms with Crippen LogP contribution in [-0.2, 0) is 15.8 Å². The molecule has 3 aromatic rings. The molecule has 1 aliphatic rings. The molecule has 0 radical (unpaired) electrons. The van der Waals surface area contributed by atoms with Crippen molar-refractivity contribution in [1.29, 1.82) is 0 Å². The molecule has 2 amide bonds. The highest BCUT2D eigenvalue weighted by atomic mass is 32.1. The van der Waals surface area contributed by atoms with Gasteiger partial charge in [0, 0.05) is 62.1 Å². The molecule has 0 unspecified atom stereocenters. The maximum absolute atomic E-state index is 13.0. The average molecular weight is 532 g/mol. The van der Waals surface area contributed by atoms with Crippen molar-refractivity contribution in [2.45, 2.75) is 13.1 Å². The van der Waals surface area contributed by atoms with Crippen LogP contribution in [0.5, 0.6) is 5.75 Å². The second-order valence-corrected chi connectivity index (χ2v) is 9.05. The number of nitrogens with zero attached hydrogens (tertiary/aromatic N) is 3. The first kappa shape index (κ1) is 26.2. The number of rotatable bonds is 6. The molecule has 12 heteroatoms. The van der Waals surface area contributed by atoms with Gasteiger partial charge in [-0.1, -0.05) is 5.92 Å². The van der Waals surface area contributed by atoms with Crippen molar-refractivity contribution in [3.05, 3.63) is 52.5 Å². The number of piperazine rings is 1. The fraction of sp³-hybridized carbons (Fsp3) is 0.320. The van der Waals surface area contributed by atoms with Crippen molar-refractivity contribution in [3.8, 4) is 29.0 Å². The summed E-state index contributed by atoms with van der Waals surface area (Å²) in [6.45, 7) is 5.21. The third kappa shape index (κ3) is 7.12. The minimum Gasteiger partial charge on any atom is -0.490 e. The van der Waals surface area contributed by atoms with Gasteiger partial charge in [0.15, 0.2) is 0 Å². The molecule has 1 fully saturated rings. The van der Waals surface area contributed by atoms with Gasteiger partial charge in [-0.25, -0.2) is 4.98 Å². The van der Waals surface area contributed by atoms with Crippen LogP contribution in [0, 0.1) is 11.8 Å². The van der Waals surface area contributed by atoms with E-state index in [4.69, 9.17) is 4.74 Å². The number of H-pyrrole nitrogens is 1. The molecule has 194 valence electrons. The second-order valence-electron chi connectivity index (χ2n) is 8.27. The summed E-state index contributed by atoms with van der Waals surface area (Å²) in [5.74, 6) is 5.07. The van der Waals surface area contributed by atoms with Crippen molar-refractivity contribution >= 4 is 28.8 Å². The Morgan fingerprint density at radius 3 is 2.65 bits per heavy atom. The lowest BCUT2D eigenvalue weighted by Crippen LogP contribution is -2.48. The number of carbonyl (C=O) groups is 2. The molecule has 2 aromatic heterocycles. The SMILES string of the molecule is CC(=O)N1CCN(CCOc2ccc(-c3ncc(C(F)(F)F)[nH]3)cc2NC(=O)C#Cc2ccsc2)CC1. The van der Waals surface area contributed by atoms with Crippen LogP contribution in [0.4, 0.5) is 18.9 Å². The first-order valence-electron chi connectivity index (χ1n) is 11.4. The number of alkyl halides is 3. The first-order chi connectivity index (χ1) is 17.7. The number of amides is 2. The standard InChI is InChI=1S/C25H24F3N5O3S/c1-17(34)33-9-7-32(8-10-33)11-12-36-21-4-3-19(24-29-15-22(31-24)25(26,27)28)14-20(21)30-23(35)5-2-18-6-13-37-16-18/h3-4,6,13-16H,7-12H2,1H3,(H,29,31)(H,30,35). The van der Waals surface area contributed by atoms with E-state index in [0.717, 1.165) is 19.3 Å². The zero-order valence-corrected chi connectivity index (χ0v) is 20.7. The van der Waals surface area contributed by atoms with E-state index in [0.29, 0.717) is 43.1 Å². The molecule has 1 aromatic carbocycles. The molecule has 1 saturated heterocycles. The van der Waals surface area contributed by atoms with Crippen LogP contribution in [0.25, 0.3) is 11.4 Å². The van der Waals surface area contributed by atoms with Gasteiger partial charge >= 0.3 is 12.1 Å². The van der Waals surface area contributed by atoms with Crippen LogP contribution in [0.1, 0.15) is 18.2 Å². The molecule has 1 aliphatic heterocycles. The molecule has 0 aliphatic carbocycles. The van der Waals surface area contributed by atoms with Gasteiger partial charge in [0.05, 0.1) is 11.9 Å². The number of halogens is 3. The number of thiophene rings is 1. The van der Waals surface area contributed by atoms with Crippen LogP contribution in [-0.4, -0.2) is 70.9 Å². The topological polar surface area (TPSA) is 90.6 Å². The van der Waals surface area contributed by atoms with E-state index in [1.54, 1.807) is 35.4 Å². The third-order valence-electron chi connectivity index (χ3n) is 5.71. The van der Waals surface area contributed by atoms with Crippen molar-refractivity contribution in [3.63, 3.8) is 0 Å². The summed E-state index contributed by atoms with van der Waals surface area (Å²) in [5.41, 5.74) is 0.322. The van der Waals surface area contributed by atoms with Gasteiger partial charge in [-0.3, -0.25) is 14.5 Å². The van der Waals surface area contributed by atoms with E-state index in [-0.39, 0.29) is 17.4 Å². The highest BCUT2D eigenvalue weighted by Crippen LogP contribution is 2.33. The molecule has 0 bridgehead atoms. The van der Waals surface area contributed by atoms with Gasteiger partial charge < -0.3 is 19.9 Å². The Morgan fingerprint density at radius 2 is 2.00 bits per heavy atom. The quantitative estimate of drug-likeness (QED) is 0.474. The lowest BCUT2D eigenvalue weighted by Gasteiger charge is -2.34. The summed E-state index contributed by atoms with van der Waals surface area (Å²) >= 11 is 1.46. The highest BCUT2D eigenvalue weighted by Gasteiger charge is 2.33. The minimum absolute atomic E-state index is 0.00192. The van der Waals surface area contributed by atoms with Crippen LogP contribution in [0.3, 0.4) is 0 Å². The zero-order chi connectivity index (χ0) is 26.4. The molecule has 0 saturated carbocycles. The van der Waals surface area contributed by atoms with Gasteiger partial charge in [-0.2, -0.15) is 24.5 Å². The Hall–Kier alpha value is -3.82. The molecule has 3 heterocycles. The second kappa shape index (κ2) is 11.5. The van der Waals surface area contributed by atoms with Crippen LogP contribution < -0.4 is 10.1 Å². The zero-order valence-electron chi connectivity index (χ0n) is 19.9. The Morgan fingerprint density at radius 1 is 1.22 bits per heavy atom. The van der Waals surface area contributed by atoms with Gasteiger partial charge in [-0.15, -0.1) is 0 Å². The number of hydrogen-bond donors (Lipinski definition) is 2. The summed E-state index contributed by atoms with van der Waals surface area (Å²) in [4.78, 5) is 34.0. The summed E-state index contributed by atoms with van der Waals surface area (Å²) in [7, 11) is 0. The van der Waals surface area contributed by atoms with Crippen LogP contribution in [0.2, 0.25) is 0 Å². The van der Waals surface area contributed by atoms with Crippen LogP contribution >= 0.6 is 11.3 Å². The molecule has 4 rings (SSSR count). The Balaban J connectivity index is 1.48. The first-order valence-corrected chi connectivity index (χ1v) is 12.4. The number of benzene rings is 1. The van der Waals surface area contributed by atoms with Crippen molar-refractivity contribution in [1.82, 2.24) is 19.8 Å². The fourth-order valence-electron chi connectivity index (χ4n) is 3.70. The summed E-state index contributed by atoms with van der Waals surface area (Å²) in [5, 5.41) is 6.32. The number of aromatic amines is 1. The summed E-state index contributed by atoms with van der Waals surface area (Å²) in [6, 6.07) is 6.41. The van der Waals surface area contributed by atoms with Gasteiger partial charge in [0.1, 0.15) is 23.9 Å². The largest absolute Gasteiger partial charge is 0.490 e. The maximum atomic E-state index is 13.0. The summed E-state index contributed by atoms with van der Waals surface area (Å²) < 4.78 is 44.9. The molecule has 0 spiro atoms. The van der Waals surface area contributed by atoms with Gasteiger partial charge in [0.25, 0.3) is 0 Å². The lowest BCUT2D eigenvalue weighted by molar-refractivity contribution is -0.140. The lowest BCUT2D eigenvalue weighted by atomic mass is 10.1. The number of imidazole rings is 1. The average Bonchev–Trinajstić information content (AvgIpc) is 3.56. The van der Waals surface area contributed by atoms with E-state index in [2.05, 4.69) is 32.0 Å². The van der Waals surface area contributed by atoms with Crippen molar-refractivity contribution in [2.24, 2.45) is 0 Å². The maximum Gasteiger partial charge on any atom is 0.432 e. The van der Waals surface area contributed by atoms with Crippen molar-refractivity contribution < 1.29 is 27.5 Å². The fourth-order valence-corrected chi connectivity index (χ4v) is 4.29. The van der Waals surface area contributed by atoms with E-state index < -0.39 is 17.8 Å². The smallest absolute Gasteiger partial charge is 0.432 e. The molecule has 8 nitrogen and oxygen atoms in total. The minimum atomic E-state index is -4.56. The predicted molar refractivity (Wildman–Crippen MR) is 133 cm³/mol. The predicted octanol–water partition coefficient (Wildman–Crippen LogP) is 3.69. The van der Waals surface area contributed by atoms with Crippen molar-refractivity contribution in [2.75, 3.05) is 44.6 Å². The molecule has 2 N–H and O–H groups in total. The van der Waals surface area contributed by atoms with E-state index in [1.165, 1.54) is 17.4 Å². The molecule has 37 heavy (non-hydrogen) atoms. The Kier molecular flexibility index (Phi) is 8.15. The van der Waals surface area contributed by atoms with E-state index in [1.807, 2.05) is 5.38 Å². The number of aromatic nitrogens is 2. The number of hydrogen-bond acceptors (Lipinski definition) is 6. The van der Waals surface area contributed by atoms with Gasteiger partial charge in [-0.05, 0) is 29.6 Å². The molecular weight excluding hydrogens is 507 g/mol. The number of anilines is 1. The number of ether oxygens (including phenoxy) is 1. The van der Waals surface area contributed by atoms with Gasteiger partial charge in [0.2, 0.25) is 5.91 Å². The molecule has 0 atom stereocenters. The van der Waals surface area contributed by atoms with Crippen LogP contribution in [0.15, 0.2) is 41.2 Å². The third-order valence-corrected chi connectivity index (χ3v) is 6.39. The Bertz CT molecular complexity index is 1300. The normalized spacial score (nSPS) is 14.1. The molecular formula is C25H24F3N5O3S. The van der Waals surface area contributed by atoms with E-state index >= 15 is 0 Å². The van der Waals surface area contributed by atoms with E-state index in [9.17, 15) is 22.8 Å². The number of carbonyl (C=O) groups excluding carboxylic acids is 2. The highest BCUT2D eigenvalue weighted by molar-refractivity contribution is 7.08. The monoisotopic (exact) mass is 531 g/mol. The summed E-state index contributed by atoms with van der Waals surface area (Å²) in [6.07, 6.45) is -3.84. The number of nitrogens with one attached hydrogen (secondary N) is 2. The Labute approximate surface area is 215 Å².